The smallest absolute Gasteiger partial charge is 0.234 e. The zero-order chi connectivity index (χ0) is 19.8. The van der Waals surface area contributed by atoms with Crippen LogP contribution in [0.2, 0.25) is 0 Å². The Labute approximate surface area is 171 Å². The molecule has 0 aromatic heterocycles. The molecule has 0 aliphatic carbocycles. The van der Waals surface area contributed by atoms with Crippen LogP contribution in [0.15, 0.2) is 54.6 Å². The molecule has 2 N–H and O–H groups in total. The van der Waals surface area contributed by atoms with Gasteiger partial charge in [-0.05, 0) is 19.1 Å². The molecule has 1 heterocycles. The molecule has 0 spiro atoms. The lowest BCUT2D eigenvalue weighted by Crippen LogP contribution is -3.13. The second-order valence-electron chi connectivity index (χ2n) is 7.20. The highest BCUT2D eigenvalue weighted by atomic mass is 32.2. The molecule has 1 saturated heterocycles. The van der Waals surface area contributed by atoms with Gasteiger partial charge in [0, 0.05) is 11.3 Å². The second-order valence-corrected chi connectivity index (χ2v) is 8.19. The lowest BCUT2D eigenvalue weighted by Gasteiger charge is -2.32. The third-order valence-corrected chi connectivity index (χ3v) is 5.83. The van der Waals surface area contributed by atoms with E-state index in [2.05, 4.69) is 29.6 Å². The van der Waals surface area contributed by atoms with Crippen molar-refractivity contribution < 1.29 is 14.5 Å². The summed E-state index contributed by atoms with van der Waals surface area (Å²) in [5.74, 6) is 0.708. The number of nitrogens with zero attached hydrogens (tertiary/aromatic N) is 1. The van der Waals surface area contributed by atoms with E-state index in [1.807, 2.05) is 42.2 Å². The molecule has 5 nitrogen and oxygen atoms in total. The molecule has 28 heavy (non-hydrogen) atoms. The normalized spacial score (nSPS) is 14.7. The van der Waals surface area contributed by atoms with Gasteiger partial charge in [-0.3, -0.25) is 9.59 Å². The molecular weight excluding hydrogens is 370 g/mol. The van der Waals surface area contributed by atoms with Crippen molar-refractivity contribution in [1.82, 2.24) is 4.90 Å². The van der Waals surface area contributed by atoms with Gasteiger partial charge in [-0.2, -0.15) is 0 Å². The van der Waals surface area contributed by atoms with E-state index in [1.54, 1.807) is 0 Å². The molecule has 1 aliphatic rings. The number of hydrogen-bond acceptors (Lipinski definition) is 3. The highest BCUT2D eigenvalue weighted by molar-refractivity contribution is 8.00. The van der Waals surface area contributed by atoms with Gasteiger partial charge in [0.2, 0.25) is 11.8 Å². The van der Waals surface area contributed by atoms with E-state index in [0.717, 1.165) is 44.0 Å². The average Bonchev–Trinajstić information content (AvgIpc) is 2.71. The number of carbonyl (C=O) groups is 2. The van der Waals surface area contributed by atoms with Crippen LogP contribution in [0.3, 0.4) is 0 Å². The van der Waals surface area contributed by atoms with Gasteiger partial charge in [-0.15, -0.1) is 11.8 Å². The summed E-state index contributed by atoms with van der Waals surface area (Å²) in [4.78, 5) is 27.9. The summed E-state index contributed by atoms with van der Waals surface area (Å²) in [6, 6.07) is 18.2. The number of aryl methyl sites for hydroxylation is 1. The predicted molar refractivity (Wildman–Crippen MR) is 115 cm³/mol. The van der Waals surface area contributed by atoms with Crippen LogP contribution >= 0.6 is 11.8 Å². The van der Waals surface area contributed by atoms with Crippen LogP contribution in [0.4, 0.5) is 5.69 Å². The predicted octanol–water partition coefficient (Wildman–Crippen LogP) is 1.59. The largest absolute Gasteiger partial charge is 0.331 e. The van der Waals surface area contributed by atoms with Crippen LogP contribution in [0.1, 0.15) is 11.1 Å². The quantitative estimate of drug-likeness (QED) is 0.745. The molecule has 2 amide bonds. The minimum atomic E-state index is -0.0706. The summed E-state index contributed by atoms with van der Waals surface area (Å²) in [5, 5.41) is 2.86. The van der Waals surface area contributed by atoms with Crippen molar-refractivity contribution in [2.24, 2.45) is 0 Å². The van der Waals surface area contributed by atoms with Crippen molar-refractivity contribution in [3.8, 4) is 0 Å². The first-order valence-corrected chi connectivity index (χ1v) is 10.8. The molecule has 0 bridgehead atoms. The fourth-order valence-electron chi connectivity index (χ4n) is 3.29. The van der Waals surface area contributed by atoms with Gasteiger partial charge >= 0.3 is 0 Å². The van der Waals surface area contributed by atoms with E-state index in [0.29, 0.717) is 11.5 Å². The number of carbonyl (C=O) groups excluding carboxylic acids is 2. The molecule has 0 saturated carbocycles. The van der Waals surface area contributed by atoms with E-state index in [1.165, 1.54) is 22.2 Å². The van der Waals surface area contributed by atoms with Crippen molar-refractivity contribution in [3.05, 3.63) is 65.7 Å². The van der Waals surface area contributed by atoms with Gasteiger partial charge in [-0.25, -0.2) is 0 Å². The number of piperazine rings is 1. The number of anilines is 1. The van der Waals surface area contributed by atoms with Gasteiger partial charge in [0.1, 0.15) is 6.54 Å². The fraction of sp³-hybridized carbons (Fsp3) is 0.364. The van der Waals surface area contributed by atoms with E-state index < -0.39 is 0 Å². The molecule has 2 aromatic rings. The SMILES string of the molecule is Cc1ccc(NC(=O)CSCC(=O)N2CC[NH+](Cc3ccccc3)CC2)cc1. The fourth-order valence-corrected chi connectivity index (χ4v) is 4.01. The molecule has 2 aromatic carbocycles. The summed E-state index contributed by atoms with van der Waals surface area (Å²) in [5.41, 5.74) is 3.29. The second kappa shape index (κ2) is 10.3. The molecule has 6 heteroatoms. The molecule has 0 atom stereocenters. The number of benzene rings is 2. The van der Waals surface area contributed by atoms with Crippen LogP contribution in [-0.2, 0) is 16.1 Å². The lowest BCUT2D eigenvalue weighted by atomic mass is 10.2. The minimum absolute atomic E-state index is 0.0706. The zero-order valence-corrected chi connectivity index (χ0v) is 17.1. The van der Waals surface area contributed by atoms with E-state index in [4.69, 9.17) is 0 Å². The first-order chi connectivity index (χ1) is 13.6. The molecule has 148 valence electrons. The van der Waals surface area contributed by atoms with E-state index >= 15 is 0 Å². The number of amides is 2. The Morgan fingerprint density at radius 1 is 1.00 bits per heavy atom. The molecule has 3 rings (SSSR count). The van der Waals surface area contributed by atoms with Crippen LogP contribution < -0.4 is 10.2 Å². The number of hydrogen-bond donors (Lipinski definition) is 2. The Balaban J connectivity index is 1.33. The molecule has 1 aliphatic heterocycles. The Morgan fingerprint density at radius 2 is 1.68 bits per heavy atom. The molecular formula is C22H28N3O2S+. The summed E-state index contributed by atoms with van der Waals surface area (Å²) in [6.45, 7) is 6.54. The first kappa shape index (κ1) is 20.4. The summed E-state index contributed by atoms with van der Waals surface area (Å²) in [6.07, 6.45) is 0. The maximum atomic E-state index is 12.4. The molecule has 1 fully saturated rings. The van der Waals surface area contributed by atoms with Crippen molar-refractivity contribution in [3.63, 3.8) is 0 Å². The third-order valence-electron chi connectivity index (χ3n) is 4.91. The van der Waals surface area contributed by atoms with E-state index in [-0.39, 0.29) is 11.8 Å². The molecule has 0 unspecified atom stereocenters. The monoisotopic (exact) mass is 398 g/mol. The maximum absolute atomic E-state index is 12.4. The Bertz CT molecular complexity index is 772. The highest BCUT2D eigenvalue weighted by Crippen LogP contribution is 2.10. The van der Waals surface area contributed by atoms with Gasteiger partial charge in [0.25, 0.3) is 0 Å². The van der Waals surface area contributed by atoms with Crippen molar-refractivity contribution >= 4 is 29.3 Å². The molecule has 0 radical (unpaired) electrons. The summed E-state index contributed by atoms with van der Waals surface area (Å²) in [7, 11) is 0. The number of quaternary nitrogens is 1. The third kappa shape index (κ3) is 6.39. The number of rotatable bonds is 7. The Kier molecular flexibility index (Phi) is 7.51. The van der Waals surface area contributed by atoms with Gasteiger partial charge in [0.05, 0.1) is 37.7 Å². The minimum Gasteiger partial charge on any atom is -0.331 e. The van der Waals surface area contributed by atoms with Crippen LogP contribution in [-0.4, -0.2) is 54.4 Å². The maximum Gasteiger partial charge on any atom is 0.234 e. The van der Waals surface area contributed by atoms with Crippen molar-refractivity contribution in [2.75, 3.05) is 43.0 Å². The van der Waals surface area contributed by atoms with Crippen molar-refractivity contribution in [2.45, 2.75) is 13.5 Å². The first-order valence-electron chi connectivity index (χ1n) is 9.70. The Morgan fingerprint density at radius 3 is 2.36 bits per heavy atom. The lowest BCUT2D eigenvalue weighted by molar-refractivity contribution is -0.917. The van der Waals surface area contributed by atoms with Crippen LogP contribution in [0.25, 0.3) is 0 Å². The number of thioether (sulfide) groups is 1. The van der Waals surface area contributed by atoms with Crippen molar-refractivity contribution in [1.29, 1.82) is 0 Å². The van der Waals surface area contributed by atoms with Crippen LogP contribution in [0, 0.1) is 6.92 Å². The van der Waals surface area contributed by atoms with E-state index in [9.17, 15) is 9.59 Å². The van der Waals surface area contributed by atoms with Gasteiger partial charge < -0.3 is 15.1 Å². The van der Waals surface area contributed by atoms with Crippen LogP contribution in [0.5, 0.6) is 0 Å². The topological polar surface area (TPSA) is 53.9 Å². The summed E-state index contributed by atoms with van der Waals surface area (Å²) >= 11 is 1.38. The summed E-state index contributed by atoms with van der Waals surface area (Å²) < 4.78 is 0. The average molecular weight is 399 g/mol. The Hall–Kier alpha value is -2.31. The van der Waals surface area contributed by atoms with Gasteiger partial charge in [0.15, 0.2) is 0 Å². The standard InChI is InChI=1S/C22H27N3O2S/c1-18-7-9-20(10-8-18)23-21(26)16-28-17-22(27)25-13-11-24(12-14-25)15-19-5-3-2-4-6-19/h2-10H,11-17H2,1H3,(H,23,26)/p+1. The van der Waals surface area contributed by atoms with Gasteiger partial charge in [-0.1, -0.05) is 48.0 Å². The zero-order valence-electron chi connectivity index (χ0n) is 16.3. The number of nitrogens with one attached hydrogen (secondary N) is 2. The highest BCUT2D eigenvalue weighted by Gasteiger charge is 2.23.